The smallest absolute Gasteiger partial charge is 0.223 e. The maximum Gasteiger partial charge on any atom is 0.223 e. The van der Waals surface area contributed by atoms with E-state index in [0.29, 0.717) is 19.5 Å². The van der Waals surface area contributed by atoms with Crippen LogP contribution in [0.25, 0.3) is 10.9 Å². The molecule has 110 valence electrons. The van der Waals surface area contributed by atoms with Crippen LogP contribution in [0.1, 0.15) is 18.4 Å². The Labute approximate surface area is 123 Å². The first kappa shape index (κ1) is 13.7. The monoisotopic (exact) mass is 285 g/mol. The van der Waals surface area contributed by atoms with Crippen LogP contribution in [0, 0.1) is 5.92 Å². The van der Waals surface area contributed by atoms with Gasteiger partial charge in [0.2, 0.25) is 11.8 Å². The first-order chi connectivity index (χ1) is 10.2. The van der Waals surface area contributed by atoms with E-state index < -0.39 is 0 Å². The van der Waals surface area contributed by atoms with Crippen LogP contribution in [0.2, 0.25) is 0 Å². The Balaban J connectivity index is 1.54. The van der Waals surface area contributed by atoms with Gasteiger partial charge in [0.05, 0.1) is 0 Å². The van der Waals surface area contributed by atoms with Gasteiger partial charge >= 0.3 is 0 Å². The molecule has 5 heteroatoms. The van der Waals surface area contributed by atoms with Crippen molar-refractivity contribution in [2.75, 3.05) is 13.1 Å². The van der Waals surface area contributed by atoms with E-state index in [0.717, 1.165) is 18.4 Å². The van der Waals surface area contributed by atoms with Crippen LogP contribution in [-0.4, -0.2) is 29.9 Å². The van der Waals surface area contributed by atoms with Crippen molar-refractivity contribution in [2.45, 2.75) is 19.3 Å². The predicted molar refractivity (Wildman–Crippen MR) is 80.7 cm³/mol. The van der Waals surface area contributed by atoms with Gasteiger partial charge in [0.15, 0.2) is 0 Å². The highest BCUT2D eigenvalue weighted by atomic mass is 16.2. The van der Waals surface area contributed by atoms with Crippen molar-refractivity contribution < 1.29 is 9.59 Å². The average Bonchev–Trinajstić information content (AvgIpc) is 2.91. The second kappa shape index (κ2) is 5.99. The molecule has 1 saturated heterocycles. The summed E-state index contributed by atoms with van der Waals surface area (Å²) in [4.78, 5) is 26.6. The molecule has 2 aromatic rings. The van der Waals surface area contributed by atoms with Gasteiger partial charge in [0.25, 0.3) is 0 Å². The van der Waals surface area contributed by atoms with E-state index >= 15 is 0 Å². The van der Waals surface area contributed by atoms with Crippen LogP contribution < -0.4 is 10.6 Å². The summed E-state index contributed by atoms with van der Waals surface area (Å²) in [7, 11) is 0. The number of benzene rings is 1. The van der Waals surface area contributed by atoms with Gasteiger partial charge in [-0.25, -0.2) is 0 Å². The number of aromatic amines is 1. The van der Waals surface area contributed by atoms with Crippen molar-refractivity contribution in [2.24, 2.45) is 5.92 Å². The highest BCUT2D eigenvalue weighted by molar-refractivity contribution is 5.87. The maximum atomic E-state index is 12.0. The van der Waals surface area contributed by atoms with Crippen molar-refractivity contribution in [1.82, 2.24) is 15.6 Å². The molecule has 3 N–H and O–H groups in total. The van der Waals surface area contributed by atoms with E-state index in [1.54, 1.807) is 0 Å². The van der Waals surface area contributed by atoms with Crippen molar-refractivity contribution in [3.63, 3.8) is 0 Å². The largest absolute Gasteiger partial charge is 0.361 e. The van der Waals surface area contributed by atoms with Crippen LogP contribution in [0.5, 0.6) is 0 Å². The minimum Gasteiger partial charge on any atom is -0.361 e. The lowest BCUT2D eigenvalue weighted by Gasteiger charge is -2.21. The Kier molecular flexibility index (Phi) is 3.90. The lowest BCUT2D eigenvalue weighted by atomic mass is 9.96. The van der Waals surface area contributed by atoms with E-state index in [1.807, 2.05) is 24.4 Å². The molecule has 1 fully saturated rings. The zero-order valence-electron chi connectivity index (χ0n) is 11.8. The van der Waals surface area contributed by atoms with Gasteiger partial charge in [-0.05, 0) is 24.5 Å². The lowest BCUT2D eigenvalue weighted by Crippen LogP contribution is -2.41. The molecule has 3 rings (SSSR count). The fourth-order valence-corrected chi connectivity index (χ4v) is 2.81. The van der Waals surface area contributed by atoms with Crippen molar-refractivity contribution in [3.05, 3.63) is 36.0 Å². The molecule has 1 aromatic carbocycles. The number of hydrogen-bond donors (Lipinski definition) is 3. The van der Waals surface area contributed by atoms with E-state index in [-0.39, 0.29) is 17.7 Å². The zero-order chi connectivity index (χ0) is 14.7. The molecule has 1 unspecified atom stereocenters. The number of para-hydroxylation sites is 1. The van der Waals surface area contributed by atoms with Gasteiger partial charge in [-0.3, -0.25) is 9.59 Å². The molecule has 0 aliphatic carbocycles. The predicted octanol–water partition coefficient (Wildman–Crippen LogP) is 1.35. The Hall–Kier alpha value is -2.30. The molecule has 2 amide bonds. The van der Waals surface area contributed by atoms with Gasteiger partial charge in [-0.15, -0.1) is 0 Å². The summed E-state index contributed by atoms with van der Waals surface area (Å²) in [6, 6.07) is 8.13. The van der Waals surface area contributed by atoms with E-state index in [2.05, 4.69) is 21.7 Å². The molecule has 0 radical (unpaired) electrons. The van der Waals surface area contributed by atoms with Gasteiger partial charge < -0.3 is 15.6 Å². The molecular formula is C16H19N3O2. The summed E-state index contributed by atoms with van der Waals surface area (Å²) in [6.45, 7) is 1.19. The molecule has 0 spiro atoms. The molecule has 2 heterocycles. The fourth-order valence-electron chi connectivity index (χ4n) is 2.81. The molecule has 1 aromatic heterocycles. The average molecular weight is 285 g/mol. The number of rotatable bonds is 4. The Morgan fingerprint density at radius 2 is 2.19 bits per heavy atom. The van der Waals surface area contributed by atoms with Crippen LogP contribution >= 0.6 is 0 Å². The highest BCUT2D eigenvalue weighted by Gasteiger charge is 2.24. The number of piperidine rings is 1. The second-order valence-corrected chi connectivity index (χ2v) is 5.44. The molecular weight excluding hydrogens is 266 g/mol. The van der Waals surface area contributed by atoms with Crippen LogP contribution in [0.15, 0.2) is 30.5 Å². The standard InChI is InChI=1S/C16H19N3O2/c20-15-9-11(5-7-17-15)16(21)18-8-6-12-10-19-14-4-2-1-3-13(12)14/h1-4,10-11,19H,5-9H2,(H,17,20)(H,18,21). The summed E-state index contributed by atoms with van der Waals surface area (Å²) in [5.41, 5.74) is 2.31. The number of aromatic nitrogens is 1. The Morgan fingerprint density at radius 1 is 1.33 bits per heavy atom. The molecule has 5 nitrogen and oxygen atoms in total. The normalized spacial score (nSPS) is 18.5. The van der Waals surface area contributed by atoms with E-state index in [9.17, 15) is 9.59 Å². The molecule has 1 atom stereocenters. The number of fused-ring (bicyclic) bond motifs is 1. The lowest BCUT2D eigenvalue weighted by molar-refractivity contribution is -0.132. The molecule has 0 saturated carbocycles. The number of carbonyl (C=O) groups excluding carboxylic acids is 2. The highest BCUT2D eigenvalue weighted by Crippen LogP contribution is 2.18. The van der Waals surface area contributed by atoms with E-state index in [4.69, 9.17) is 0 Å². The Bertz CT molecular complexity index is 662. The van der Waals surface area contributed by atoms with Gasteiger partial charge in [0.1, 0.15) is 0 Å². The summed E-state index contributed by atoms with van der Waals surface area (Å²) in [5.74, 6) is -0.218. The summed E-state index contributed by atoms with van der Waals surface area (Å²) in [5, 5.41) is 6.88. The molecule has 0 bridgehead atoms. The summed E-state index contributed by atoms with van der Waals surface area (Å²) < 4.78 is 0. The summed E-state index contributed by atoms with van der Waals surface area (Å²) >= 11 is 0. The second-order valence-electron chi connectivity index (χ2n) is 5.44. The molecule has 1 aliphatic heterocycles. The number of hydrogen-bond acceptors (Lipinski definition) is 2. The number of carbonyl (C=O) groups is 2. The molecule has 1 aliphatic rings. The van der Waals surface area contributed by atoms with Gasteiger partial charge in [-0.1, -0.05) is 18.2 Å². The third-order valence-electron chi connectivity index (χ3n) is 3.99. The maximum absolute atomic E-state index is 12.0. The molecule has 21 heavy (non-hydrogen) atoms. The number of H-pyrrole nitrogens is 1. The third-order valence-corrected chi connectivity index (χ3v) is 3.99. The minimum absolute atomic E-state index is 0.00955. The quantitative estimate of drug-likeness (QED) is 0.793. The van der Waals surface area contributed by atoms with Crippen LogP contribution in [-0.2, 0) is 16.0 Å². The SMILES string of the molecule is O=C1CC(C(=O)NCCc2c[nH]c3ccccc23)CCN1. The zero-order valence-corrected chi connectivity index (χ0v) is 11.8. The van der Waals surface area contributed by atoms with Crippen LogP contribution in [0.4, 0.5) is 0 Å². The summed E-state index contributed by atoms with van der Waals surface area (Å²) in [6.07, 6.45) is 3.81. The van der Waals surface area contributed by atoms with Crippen molar-refractivity contribution in [1.29, 1.82) is 0 Å². The number of nitrogens with one attached hydrogen (secondary N) is 3. The van der Waals surface area contributed by atoms with Crippen LogP contribution in [0.3, 0.4) is 0 Å². The topological polar surface area (TPSA) is 74.0 Å². The van der Waals surface area contributed by atoms with Crippen molar-refractivity contribution >= 4 is 22.7 Å². The first-order valence-electron chi connectivity index (χ1n) is 7.33. The third kappa shape index (κ3) is 3.07. The van der Waals surface area contributed by atoms with Gasteiger partial charge in [0, 0.05) is 42.5 Å². The minimum atomic E-state index is -0.179. The Morgan fingerprint density at radius 3 is 3.05 bits per heavy atom. The number of amides is 2. The first-order valence-corrected chi connectivity index (χ1v) is 7.33. The fraction of sp³-hybridized carbons (Fsp3) is 0.375. The van der Waals surface area contributed by atoms with Gasteiger partial charge in [-0.2, -0.15) is 0 Å². The van der Waals surface area contributed by atoms with E-state index in [1.165, 1.54) is 10.9 Å². The van der Waals surface area contributed by atoms with Crippen molar-refractivity contribution in [3.8, 4) is 0 Å².